The van der Waals surface area contributed by atoms with Crippen LogP contribution in [0, 0.1) is 0 Å². The van der Waals surface area contributed by atoms with Crippen LogP contribution in [0.3, 0.4) is 0 Å². The third-order valence-corrected chi connectivity index (χ3v) is 4.46. The molecule has 1 atom stereocenters. The number of amides is 2. The maximum absolute atomic E-state index is 12.8. The molecule has 11 heteroatoms. The van der Waals surface area contributed by atoms with Gasteiger partial charge in [-0.05, 0) is 18.9 Å². The summed E-state index contributed by atoms with van der Waals surface area (Å²) in [5, 5.41) is 2.77. The van der Waals surface area contributed by atoms with Crippen LogP contribution in [0.2, 0.25) is 0 Å². The quantitative estimate of drug-likeness (QED) is 0.787. The number of hydrogen-bond acceptors (Lipinski definition) is 6. The number of ether oxygens (including phenoxy) is 3. The smallest absolute Gasteiger partial charge is 0.433 e. The van der Waals surface area contributed by atoms with Crippen molar-refractivity contribution < 1.29 is 32.2 Å². The Hall–Kier alpha value is -3.24. The van der Waals surface area contributed by atoms with Gasteiger partial charge in [0, 0.05) is 36.6 Å². The highest BCUT2D eigenvalue weighted by atomic mass is 19.4. The van der Waals surface area contributed by atoms with Crippen LogP contribution in [0.1, 0.15) is 18.5 Å². The highest BCUT2D eigenvalue weighted by Gasteiger charge is 2.33. The summed E-state index contributed by atoms with van der Waals surface area (Å²) in [5.41, 5.74) is -0.592. The van der Waals surface area contributed by atoms with Crippen molar-refractivity contribution in [3.8, 4) is 17.5 Å². The maximum atomic E-state index is 12.8. The van der Waals surface area contributed by atoms with Crippen molar-refractivity contribution in [1.82, 2.24) is 14.9 Å². The molecule has 2 amide bonds. The van der Waals surface area contributed by atoms with E-state index in [1.807, 2.05) is 0 Å². The molecule has 0 bridgehead atoms. The topological polar surface area (TPSA) is 85.8 Å². The number of benzene rings is 1. The molecule has 1 aliphatic rings. The third kappa shape index (κ3) is 5.43. The molecule has 1 aliphatic heterocycles. The zero-order chi connectivity index (χ0) is 21.7. The zero-order valence-corrected chi connectivity index (χ0v) is 16.4. The molecule has 1 saturated heterocycles. The number of methoxy groups -OCH3 is 2. The summed E-state index contributed by atoms with van der Waals surface area (Å²) in [5.74, 6) is 1.04. The number of halogens is 3. The number of urea groups is 1. The second-order valence-corrected chi connectivity index (χ2v) is 6.58. The lowest BCUT2D eigenvalue weighted by atomic mass is 10.1. The Morgan fingerprint density at radius 2 is 1.90 bits per heavy atom. The number of likely N-dealkylation sites (tertiary alicyclic amines) is 1. The van der Waals surface area contributed by atoms with Crippen LogP contribution >= 0.6 is 0 Å². The van der Waals surface area contributed by atoms with E-state index >= 15 is 0 Å². The summed E-state index contributed by atoms with van der Waals surface area (Å²) in [4.78, 5) is 21.3. The Morgan fingerprint density at radius 1 is 1.20 bits per heavy atom. The molecule has 1 aromatic heterocycles. The predicted octanol–water partition coefficient (Wildman–Crippen LogP) is 3.59. The molecular formula is C19H21F3N4O4. The Kier molecular flexibility index (Phi) is 6.48. The van der Waals surface area contributed by atoms with Gasteiger partial charge in [-0.3, -0.25) is 0 Å². The number of alkyl halides is 3. The maximum Gasteiger partial charge on any atom is 0.433 e. The van der Waals surface area contributed by atoms with Crippen LogP contribution in [-0.2, 0) is 6.18 Å². The van der Waals surface area contributed by atoms with Gasteiger partial charge in [0.05, 0.1) is 20.8 Å². The first-order chi connectivity index (χ1) is 14.3. The van der Waals surface area contributed by atoms with Gasteiger partial charge < -0.3 is 24.4 Å². The number of hydrogen-bond donors (Lipinski definition) is 1. The van der Waals surface area contributed by atoms with E-state index in [0.29, 0.717) is 36.6 Å². The number of nitrogens with zero attached hydrogens (tertiary/aromatic N) is 3. The summed E-state index contributed by atoms with van der Waals surface area (Å²) in [7, 11) is 3.01. The SMILES string of the molecule is COc1cc(NC(=O)N2CCCC(Oc3nccc(C(F)(F)F)n3)C2)cc(OC)c1. The van der Waals surface area contributed by atoms with Crippen molar-refractivity contribution >= 4 is 11.7 Å². The molecule has 162 valence electrons. The zero-order valence-electron chi connectivity index (χ0n) is 16.4. The second-order valence-electron chi connectivity index (χ2n) is 6.58. The minimum Gasteiger partial charge on any atom is -0.497 e. The Morgan fingerprint density at radius 3 is 2.53 bits per heavy atom. The van der Waals surface area contributed by atoms with Crippen molar-refractivity contribution in [2.45, 2.75) is 25.1 Å². The minimum absolute atomic E-state index is 0.187. The number of anilines is 1. The molecule has 2 aromatic rings. The first kappa shape index (κ1) is 21.5. The van der Waals surface area contributed by atoms with E-state index in [2.05, 4.69) is 15.3 Å². The summed E-state index contributed by atoms with van der Waals surface area (Å²) in [6, 6.07) is 5.01. The molecule has 3 rings (SSSR count). The predicted molar refractivity (Wildman–Crippen MR) is 101 cm³/mol. The van der Waals surface area contributed by atoms with E-state index < -0.39 is 18.0 Å². The highest BCUT2D eigenvalue weighted by Crippen LogP contribution is 2.29. The molecular weight excluding hydrogens is 405 g/mol. The van der Waals surface area contributed by atoms with E-state index in [0.717, 1.165) is 12.3 Å². The van der Waals surface area contributed by atoms with Gasteiger partial charge in [0.1, 0.15) is 17.6 Å². The Labute approximate surface area is 171 Å². The van der Waals surface area contributed by atoms with E-state index in [1.54, 1.807) is 18.2 Å². The number of piperidine rings is 1. The lowest BCUT2D eigenvalue weighted by Gasteiger charge is -2.32. The molecule has 2 heterocycles. The second kappa shape index (κ2) is 9.06. The third-order valence-electron chi connectivity index (χ3n) is 4.46. The van der Waals surface area contributed by atoms with Gasteiger partial charge in [-0.2, -0.15) is 18.2 Å². The molecule has 1 unspecified atom stereocenters. The Bertz CT molecular complexity index is 872. The van der Waals surface area contributed by atoms with Crippen LogP contribution in [0.15, 0.2) is 30.5 Å². The first-order valence-corrected chi connectivity index (χ1v) is 9.14. The lowest BCUT2D eigenvalue weighted by molar-refractivity contribution is -0.141. The fourth-order valence-electron chi connectivity index (χ4n) is 3.01. The molecule has 1 N–H and O–H groups in total. The van der Waals surface area contributed by atoms with E-state index in [4.69, 9.17) is 14.2 Å². The average molecular weight is 426 g/mol. The number of rotatable bonds is 5. The van der Waals surface area contributed by atoms with Crippen LogP contribution in [0.4, 0.5) is 23.7 Å². The first-order valence-electron chi connectivity index (χ1n) is 9.14. The molecule has 30 heavy (non-hydrogen) atoms. The van der Waals surface area contributed by atoms with E-state index in [1.165, 1.54) is 19.1 Å². The largest absolute Gasteiger partial charge is 0.497 e. The normalized spacial score (nSPS) is 16.7. The van der Waals surface area contributed by atoms with Gasteiger partial charge in [-0.1, -0.05) is 0 Å². The molecule has 8 nitrogen and oxygen atoms in total. The number of carbonyl (C=O) groups excluding carboxylic acids is 1. The lowest BCUT2D eigenvalue weighted by Crippen LogP contribution is -2.46. The van der Waals surface area contributed by atoms with Crippen LogP contribution in [0.5, 0.6) is 17.5 Å². The van der Waals surface area contributed by atoms with Gasteiger partial charge in [-0.15, -0.1) is 0 Å². The van der Waals surface area contributed by atoms with Crippen LogP contribution in [0.25, 0.3) is 0 Å². The van der Waals surface area contributed by atoms with Crippen LogP contribution < -0.4 is 19.5 Å². The molecule has 0 spiro atoms. The van der Waals surface area contributed by atoms with Gasteiger partial charge in [0.15, 0.2) is 5.69 Å². The molecule has 0 radical (unpaired) electrons. The van der Waals surface area contributed by atoms with Crippen molar-refractivity contribution in [2.75, 3.05) is 32.6 Å². The molecule has 0 saturated carbocycles. The van der Waals surface area contributed by atoms with E-state index in [9.17, 15) is 18.0 Å². The summed E-state index contributed by atoms with van der Waals surface area (Å²) >= 11 is 0. The van der Waals surface area contributed by atoms with Gasteiger partial charge >= 0.3 is 18.2 Å². The van der Waals surface area contributed by atoms with Crippen molar-refractivity contribution in [3.05, 3.63) is 36.2 Å². The van der Waals surface area contributed by atoms with Gasteiger partial charge in [-0.25, -0.2) is 9.78 Å². The van der Waals surface area contributed by atoms with Crippen molar-refractivity contribution in [2.24, 2.45) is 0 Å². The summed E-state index contributed by atoms with van der Waals surface area (Å²) < 4.78 is 54.3. The molecule has 0 aliphatic carbocycles. The van der Waals surface area contributed by atoms with E-state index in [-0.39, 0.29) is 18.6 Å². The minimum atomic E-state index is -4.59. The molecule has 1 aromatic carbocycles. The number of nitrogens with one attached hydrogen (secondary N) is 1. The number of aromatic nitrogens is 2. The monoisotopic (exact) mass is 426 g/mol. The summed E-state index contributed by atoms with van der Waals surface area (Å²) in [6.07, 6.45) is -2.92. The molecule has 1 fully saturated rings. The Balaban J connectivity index is 1.64. The fourth-order valence-corrected chi connectivity index (χ4v) is 3.01. The van der Waals surface area contributed by atoms with Crippen LogP contribution in [-0.4, -0.2) is 54.3 Å². The van der Waals surface area contributed by atoms with Crippen molar-refractivity contribution in [3.63, 3.8) is 0 Å². The highest BCUT2D eigenvalue weighted by molar-refractivity contribution is 5.90. The van der Waals surface area contributed by atoms with Crippen molar-refractivity contribution in [1.29, 1.82) is 0 Å². The standard InChI is InChI=1S/C19H21F3N4O4/c1-28-14-8-12(9-15(10-14)29-2)24-18(27)26-7-3-4-13(11-26)30-17-23-6-5-16(25-17)19(20,21)22/h5-6,8-10,13H,3-4,7,11H2,1-2H3,(H,24,27). The number of carbonyl (C=O) groups is 1. The fraction of sp³-hybridized carbons (Fsp3) is 0.421. The summed E-state index contributed by atoms with van der Waals surface area (Å²) in [6.45, 7) is 0.669. The van der Waals surface area contributed by atoms with Gasteiger partial charge in [0.2, 0.25) is 0 Å². The average Bonchev–Trinajstić information content (AvgIpc) is 2.73. The van der Waals surface area contributed by atoms with Gasteiger partial charge in [0.25, 0.3) is 0 Å².